The van der Waals surface area contributed by atoms with E-state index in [0.29, 0.717) is 23.3 Å². The Bertz CT molecular complexity index is 585. The van der Waals surface area contributed by atoms with E-state index >= 15 is 0 Å². The molecule has 0 unspecified atom stereocenters. The first-order chi connectivity index (χ1) is 10.4. The van der Waals surface area contributed by atoms with Crippen LogP contribution in [0.2, 0.25) is 0 Å². The van der Waals surface area contributed by atoms with Crippen LogP contribution in [0.3, 0.4) is 0 Å². The van der Waals surface area contributed by atoms with E-state index in [9.17, 15) is 10.2 Å². The fourth-order valence-electron chi connectivity index (χ4n) is 2.73. The second-order valence-electron chi connectivity index (χ2n) is 6.60. The first-order valence-electron chi connectivity index (χ1n) is 8.02. The lowest BCUT2D eigenvalue weighted by Crippen LogP contribution is -1.97. The first kappa shape index (κ1) is 16.4. The zero-order chi connectivity index (χ0) is 16.3. The van der Waals surface area contributed by atoms with Crippen molar-refractivity contribution in [1.29, 1.82) is 0 Å². The number of hydrogen-bond donors (Lipinski definition) is 2. The first-order valence-corrected chi connectivity index (χ1v) is 8.02. The summed E-state index contributed by atoms with van der Waals surface area (Å²) in [6, 6.07) is 11.8. The summed E-state index contributed by atoms with van der Waals surface area (Å²) in [7, 11) is 0. The molecule has 2 heteroatoms. The van der Waals surface area contributed by atoms with Crippen molar-refractivity contribution >= 4 is 0 Å². The van der Waals surface area contributed by atoms with Crippen LogP contribution in [0.4, 0.5) is 0 Å². The standard InChI is InChI=1S/C20H26O2/c1-13(2)17-11-15(7-9-19(17)21)5-6-16-8-10-20(22)18(12-16)14(3)4/h7-14,21-22H,5-6H2,1-4H3. The van der Waals surface area contributed by atoms with Crippen LogP contribution in [0, 0.1) is 0 Å². The number of aromatic hydroxyl groups is 2. The zero-order valence-corrected chi connectivity index (χ0v) is 13.9. The van der Waals surface area contributed by atoms with Gasteiger partial charge in [-0.25, -0.2) is 0 Å². The summed E-state index contributed by atoms with van der Waals surface area (Å²) in [4.78, 5) is 0. The molecule has 0 atom stereocenters. The zero-order valence-electron chi connectivity index (χ0n) is 13.9. The van der Waals surface area contributed by atoms with Gasteiger partial charge in [0.05, 0.1) is 0 Å². The van der Waals surface area contributed by atoms with Crippen LogP contribution in [0.1, 0.15) is 61.8 Å². The fourth-order valence-corrected chi connectivity index (χ4v) is 2.73. The van der Waals surface area contributed by atoms with E-state index < -0.39 is 0 Å². The highest BCUT2D eigenvalue weighted by Crippen LogP contribution is 2.28. The van der Waals surface area contributed by atoms with Crippen molar-refractivity contribution in [3.8, 4) is 11.5 Å². The van der Waals surface area contributed by atoms with Crippen molar-refractivity contribution in [2.45, 2.75) is 52.4 Å². The molecule has 0 heterocycles. The third-order valence-corrected chi connectivity index (χ3v) is 4.13. The van der Waals surface area contributed by atoms with Crippen molar-refractivity contribution in [2.24, 2.45) is 0 Å². The lowest BCUT2D eigenvalue weighted by atomic mass is 9.95. The van der Waals surface area contributed by atoms with Gasteiger partial charge in [0.15, 0.2) is 0 Å². The second kappa shape index (κ2) is 6.87. The molecule has 2 aromatic carbocycles. The highest BCUT2D eigenvalue weighted by molar-refractivity contribution is 5.40. The smallest absolute Gasteiger partial charge is 0.119 e. The Morgan fingerprint density at radius 2 is 1.05 bits per heavy atom. The summed E-state index contributed by atoms with van der Waals surface area (Å²) in [5.74, 6) is 1.40. The van der Waals surface area contributed by atoms with E-state index in [1.54, 1.807) is 12.1 Å². The molecule has 0 amide bonds. The van der Waals surface area contributed by atoms with Gasteiger partial charge >= 0.3 is 0 Å². The number of phenols is 2. The summed E-state index contributed by atoms with van der Waals surface area (Å²) < 4.78 is 0. The minimum absolute atomic E-state index is 0.321. The Kier molecular flexibility index (Phi) is 5.12. The van der Waals surface area contributed by atoms with E-state index in [1.807, 2.05) is 12.1 Å². The van der Waals surface area contributed by atoms with Gasteiger partial charge in [0.2, 0.25) is 0 Å². The lowest BCUT2D eigenvalue weighted by Gasteiger charge is -2.12. The monoisotopic (exact) mass is 298 g/mol. The average molecular weight is 298 g/mol. The number of phenolic OH excluding ortho intramolecular Hbond substituents is 2. The third kappa shape index (κ3) is 3.82. The van der Waals surface area contributed by atoms with E-state index in [0.717, 1.165) is 24.0 Å². The Labute approximate surface area is 133 Å². The SMILES string of the molecule is CC(C)c1cc(CCc2ccc(O)c(C(C)C)c2)ccc1O. The molecule has 2 rings (SSSR count). The van der Waals surface area contributed by atoms with Gasteiger partial charge in [-0.05, 0) is 59.1 Å². The van der Waals surface area contributed by atoms with Crippen molar-refractivity contribution in [3.63, 3.8) is 0 Å². The van der Waals surface area contributed by atoms with Crippen LogP contribution in [-0.4, -0.2) is 10.2 Å². The Balaban J connectivity index is 2.13. The van der Waals surface area contributed by atoms with Gasteiger partial charge in [0, 0.05) is 0 Å². The maximum absolute atomic E-state index is 9.89. The van der Waals surface area contributed by atoms with Gasteiger partial charge < -0.3 is 10.2 Å². The number of aryl methyl sites for hydroxylation is 2. The molecule has 2 aromatic rings. The maximum atomic E-state index is 9.89. The van der Waals surface area contributed by atoms with Gasteiger partial charge in [0.25, 0.3) is 0 Å². The minimum Gasteiger partial charge on any atom is -0.508 e. The Hall–Kier alpha value is -1.96. The van der Waals surface area contributed by atoms with Gasteiger partial charge in [-0.15, -0.1) is 0 Å². The summed E-state index contributed by atoms with van der Waals surface area (Å²) in [5, 5.41) is 19.8. The molecule has 0 spiro atoms. The van der Waals surface area contributed by atoms with Crippen LogP contribution in [-0.2, 0) is 12.8 Å². The molecule has 0 aliphatic heterocycles. The van der Waals surface area contributed by atoms with Crippen molar-refractivity contribution in [2.75, 3.05) is 0 Å². The lowest BCUT2D eigenvalue weighted by molar-refractivity contribution is 0.463. The number of hydrogen-bond acceptors (Lipinski definition) is 2. The van der Waals surface area contributed by atoms with E-state index in [4.69, 9.17) is 0 Å². The molecule has 0 aliphatic rings. The summed E-state index contributed by atoms with van der Waals surface area (Å²) in [5.41, 5.74) is 4.48. The van der Waals surface area contributed by atoms with Crippen molar-refractivity contribution < 1.29 is 10.2 Å². The summed E-state index contributed by atoms with van der Waals surface area (Å²) >= 11 is 0. The largest absolute Gasteiger partial charge is 0.508 e. The molecule has 0 aromatic heterocycles. The Morgan fingerprint density at radius 1 is 0.682 bits per heavy atom. The fraction of sp³-hybridized carbons (Fsp3) is 0.400. The molecule has 0 radical (unpaired) electrons. The highest BCUT2D eigenvalue weighted by Gasteiger charge is 2.09. The molecule has 0 bridgehead atoms. The van der Waals surface area contributed by atoms with Gasteiger partial charge in [-0.1, -0.05) is 52.0 Å². The molecule has 0 fully saturated rings. The molecule has 0 saturated carbocycles. The van der Waals surface area contributed by atoms with Crippen molar-refractivity contribution in [3.05, 3.63) is 58.7 Å². The molecular weight excluding hydrogens is 272 g/mol. The molecule has 118 valence electrons. The Morgan fingerprint density at radius 3 is 1.36 bits per heavy atom. The predicted octanol–water partition coefficient (Wildman–Crippen LogP) is 5.13. The van der Waals surface area contributed by atoms with Crippen LogP contribution in [0.15, 0.2) is 36.4 Å². The highest BCUT2D eigenvalue weighted by atomic mass is 16.3. The van der Waals surface area contributed by atoms with Gasteiger partial charge in [-0.3, -0.25) is 0 Å². The quantitative estimate of drug-likeness (QED) is 0.803. The van der Waals surface area contributed by atoms with Crippen LogP contribution in [0.5, 0.6) is 11.5 Å². The van der Waals surface area contributed by atoms with Crippen LogP contribution in [0.25, 0.3) is 0 Å². The van der Waals surface area contributed by atoms with Crippen molar-refractivity contribution in [1.82, 2.24) is 0 Å². The normalized spacial score (nSPS) is 11.4. The predicted molar refractivity (Wildman–Crippen MR) is 91.8 cm³/mol. The van der Waals surface area contributed by atoms with E-state index in [2.05, 4.69) is 39.8 Å². The average Bonchev–Trinajstić information content (AvgIpc) is 2.47. The topological polar surface area (TPSA) is 40.5 Å². The van der Waals surface area contributed by atoms with Crippen LogP contribution >= 0.6 is 0 Å². The van der Waals surface area contributed by atoms with E-state index in [-0.39, 0.29) is 0 Å². The van der Waals surface area contributed by atoms with Gasteiger partial charge in [0.1, 0.15) is 11.5 Å². The molecule has 0 saturated heterocycles. The minimum atomic E-state index is 0.321. The summed E-state index contributed by atoms with van der Waals surface area (Å²) in [6.07, 6.45) is 1.87. The number of benzene rings is 2. The number of rotatable bonds is 5. The van der Waals surface area contributed by atoms with Gasteiger partial charge in [-0.2, -0.15) is 0 Å². The van der Waals surface area contributed by atoms with E-state index in [1.165, 1.54) is 11.1 Å². The molecule has 2 N–H and O–H groups in total. The molecule has 2 nitrogen and oxygen atoms in total. The third-order valence-electron chi connectivity index (χ3n) is 4.13. The molecular formula is C20H26O2. The second-order valence-corrected chi connectivity index (χ2v) is 6.60. The van der Waals surface area contributed by atoms with Crippen LogP contribution < -0.4 is 0 Å². The maximum Gasteiger partial charge on any atom is 0.119 e. The summed E-state index contributed by atoms with van der Waals surface area (Å²) in [6.45, 7) is 8.36. The molecule has 0 aliphatic carbocycles. The molecule has 22 heavy (non-hydrogen) atoms.